The second-order valence-electron chi connectivity index (χ2n) is 4.04. The van der Waals surface area contributed by atoms with Crippen LogP contribution in [0.4, 0.5) is 5.82 Å². The van der Waals surface area contributed by atoms with Gasteiger partial charge in [0.1, 0.15) is 0 Å². The number of aromatic nitrogens is 2. The van der Waals surface area contributed by atoms with Crippen LogP contribution in [0.15, 0.2) is 28.9 Å². The highest BCUT2D eigenvalue weighted by Gasteiger charge is 2.22. The first-order chi connectivity index (χ1) is 8.27. The molecule has 0 amide bonds. The summed E-state index contributed by atoms with van der Waals surface area (Å²) in [5, 5.41) is 3.87. The Morgan fingerprint density at radius 2 is 2.06 bits per heavy atom. The van der Waals surface area contributed by atoms with Gasteiger partial charge in [-0.15, -0.1) is 0 Å². The Labute approximate surface area is 101 Å². The van der Waals surface area contributed by atoms with Crippen molar-refractivity contribution in [1.29, 1.82) is 0 Å². The number of nitrogens with zero attached hydrogens (tertiary/aromatic N) is 2. The van der Waals surface area contributed by atoms with Gasteiger partial charge in [-0.2, -0.15) is 0 Å². The fourth-order valence-corrected chi connectivity index (χ4v) is 2.02. The lowest BCUT2D eigenvalue weighted by atomic mass is 9.95. The smallest absolute Gasteiger partial charge is 0.176 e. The first-order valence-electron chi connectivity index (χ1n) is 5.94. The highest BCUT2D eigenvalue weighted by atomic mass is 16.5. The first kappa shape index (κ1) is 11.6. The van der Waals surface area contributed by atoms with Crippen LogP contribution in [0, 0.1) is 0 Å². The van der Waals surface area contributed by atoms with Gasteiger partial charge in [-0.25, -0.2) is 0 Å². The monoisotopic (exact) mass is 231 g/mol. The predicted molar refractivity (Wildman–Crippen MR) is 67.5 cm³/mol. The van der Waals surface area contributed by atoms with Crippen LogP contribution in [0.5, 0.6) is 0 Å². The zero-order chi connectivity index (χ0) is 12.3. The third-order valence-electron chi connectivity index (χ3n) is 3.02. The molecule has 0 radical (unpaired) electrons. The molecule has 2 aromatic heterocycles. The molecule has 90 valence electrons. The molecular weight excluding hydrogens is 214 g/mol. The zero-order valence-electron chi connectivity index (χ0n) is 10.2. The molecule has 0 aromatic carbocycles. The van der Waals surface area contributed by atoms with Crippen LogP contribution in [0.1, 0.15) is 38.4 Å². The summed E-state index contributed by atoms with van der Waals surface area (Å²) in [5.74, 6) is 1.62. The van der Waals surface area contributed by atoms with Gasteiger partial charge in [0.15, 0.2) is 11.6 Å². The number of hydrogen-bond donors (Lipinski definition) is 1. The summed E-state index contributed by atoms with van der Waals surface area (Å²) in [5.41, 5.74) is 7.55. The number of anilines is 1. The molecule has 0 aliphatic carbocycles. The van der Waals surface area contributed by atoms with E-state index in [9.17, 15) is 0 Å². The molecule has 17 heavy (non-hydrogen) atoms. The molecule has 0 fully saturated rings. The first-order valence-corrected chi connectivity index (χ1v) is 5.94. The van der Waals surface area contributed by atoms with Gasteiger partial charge in [0.05, 0.1) is 11.3 Å². The molecule has 2 rings (SSSR count). The second kappa shape index (κ2) is 4.99. The highest BCUT2D eigenvalue weighted by molar-refractivity contribution is 5.73. The van der Waals surface area contributed by atoms with Crippen LogP contribution < -0.4 is 5.73 Å². The molecule has 2 aromatic rings. The number of pyridine rings is 1. The SMILES string of the molecule is CCC(CC)c1onc(N)c1-c1ccccn1. The van der Waals surface area contributed by atoms with Crippen LogP contribution in [0.2, 0.25) is 0 Å². The van der Waals surface area contributed by atoms with Gasteiger partial charge in [-0.05, 0) is 25.0 Å². The van der Waals surface area contributed by atoms with E-state index < -0.39 is 0 Å². The van der Waals surface area contributed by atoms with Crippen LogP contribution in [-0.4, -0.2) is 10.1 Å². The molecule has 4 heteroatoms. The van der Waals surface area contributed by atoms with E-state index in [0.29, 0.717) is 11.7 Å². The Bertz CT molecular complexity index is 475. The van der Waals surface area contributed by atoms with Gasteiger partial charge in [0.2, 0.25) is 0 Å². The molecule has 2 heterocycles. The zero-order valence-corrected chi connectivity index (χ0v) is 10.2. The average Bonchev–Trinajstić information content (AvgIpc) is 2.74. The highest BCUT2D eigenvalue weighted by Crippen LogP contribution is 2.35. The second-order valence-corrected chi connectivity index (χ2v) is 4.04. The summed E-state index contributed by atoms with van der Waals surface area (Å²) in [6.07, 6.45) is 3.76. The molecule has 0 saturated carbocycles. The third-order valence-corrected chi connectivity index (χ3v) is 3.02. The van der Waals surface area contributed by atoms with Crippen LogP contribution in [-0.2, 0) is 0 Å². The molecule has 0 aliphatic rings. The minimum atomic E-state index is 0.344. The van der Waals surface area contributed by atoms with Gasteiger partial charge >= 0.3 is 0 Å². The summed E-state index contributed by atoms with van der Waals surface area (Å²) in [4.78, 5) is 4.31. The maximum atomic E-state index is 5.88. The maximum absolute atomic E-state index is 5.88. The largest absolute Gasteiger partial charge is 0.380 e. The van der Waals surface area contributed by atoms with Gasteiger partial charge < -0.3 is 10.3 Å². The van der Waals surface area contributed by atoms with Crippen LogP contribution in [0.3, 0.4) is 0 Å². The molecule has 2 N–H and O–H groups in total. The quantitative estimate of drug-likeness (QED) is 0.877. The van der Waals surface area contributed by atoms with Gasteiger partial charge in [-0.1, -0.05) is 25.1 Å². The summed E-state index contributed by atoms with van der Waals surface area (Å²) < 4.78 is 5.38. The lowest BCUT2D eigenvalue weighted by Crippen LogP contribution is -1.98. The summed E-state index contributed by atoms with van der Waals surface area (Å²) in [7, 11) is 0. The third kappa shape index (κ3) is 2.16. The van der Waals surface area contributed by atoms with Crippen molar-refractivity contribution in [3.05, 3.63) is 30.2 Å². The molecule has 4 nitrogen and oxygen atoms in total. The summed E-state index contributed by atoms with van der Waals surface area (Å²) in [6.45, 7) is 4.27. The number of rotatable bonds is 4. The topological polar surface area (TPSA) is 64.9 Å². The molecule has 0 spiro atoms. The molecule has 0 saturated heterocycles. The van der Waals surface area contributed by atoms with Crippen molar-refractivity contribution in [3.8, 4) is 11.3 Å². The minimum Gasteiger partial charge on any atom is -0.380 e. The van der Waals surface area contributed by atoms with E-state index in [1.54, 1.807) is 6.20 Å². The van der Waals surface area contributed by atoms with E-state index >= 15 is 0 Å². The fraction of sp³-hybridized carbons (Fsp3) is 0.385. The van der Waals surface area contributed by atoms with E-state index in [4.69, 9.17) is 10.3 Å². The van der Waals surface area contributed by atoms with E-state index in [0.717, 1.165) is 29.9 Å². The Morgan fingerprint density at radius 1 is 1.29 bits per heavy atom. The van der Waals surface area contributed by atoms with E-state index in [-0.39, 0.29) is 0 Å². The van der Waals surface area contributed by atoms with Crippen LogP contribution in [0.25, 0.3) is 11.3 Å². The van der Waals surface area contributed by atoms with E-state index in [1.807, 2.05) is 18.2 Å². The molecule has 0 aliphatic heterocycles. The Kier molecular flexibility index (Phi) is 3.42. The predicted octanol–water partition coefficient (Wildman–Crippen LogP) is 3.22. The lowest BCUT2D eigenvalue weighted by molar-refractivity contribution is 0.356. The Balaban J connectivity index is 2.50. The molecule has 0 atom stereocenters. The summed E-state index contributed by atoms with van der Waals surface area (Å²) in [6, 6.07) is 5.74. The van der Waals surface area contributed by atoms with Crippen molar-refractivity contribution < 1.29 is 4.52 Å². The van der Waals surface area contributed by atoms with Crippen molar-refractivity contribution in [1.82, 2.24) is 10.1 Å². The molecule has 0 bridgehead atoms. The molecule has 0 unspecified atom stereocenters. The van der Waals surface area contributed by atoms with Crippen molar-refractivity contribution in [2.24, 2.45) is 0 Å². The number of nitrogens with two attached hydrogens (primary N) is 1. The van der Waals surface area contributed by atoms with Crippen LogP contribution >= 0.6 is 0 Å². The lowest BCUT2D eigenvalue weighted by Gasteiger charge is -2.10. The fourth-order valence-electron chi connectivity index (χ4n) is 2.02. The van der Waals surface area contributed by atoms with Gasteiger partial charge in [-0.3, -0.25) is 4.98 Å². The summed E-state index contributed by atoms with van der Waals surface area (Å²) >= 11 is 0. The van der Waals surface area contributed by atoms with Crippen molar-refractivity contribution >= 4 is 5.82 Å². The van der Waals surface area contributed by atoms with Crippen molar-refractivity contribution in [2.75, 3.05) is 5.73 Å². The Morgan fingerprint density at radius 3 is 2.65 bits per heavy atom. The Hall–Kier alpha value is -1.84. The van der Waals surface area contributed by atoms with Crippen molar-refractivity contribution in [2.45, 2.75) is 32.6 Å². The number of hydrogen-bond acceptors (Lipinski definition) is 4. The van der Waals surface area contributed by atoms with E-state index in [2.05, 4.69) is 24.0 Å². The van der Waals surface area contributed by atoms with Crippen molar-refractivity contribution in [3.63, 3.8) is 0 Å². The van der Waals surface area contributed by atoms with E-state index in [1.165, 1.54) is 0 Å². The minimum absolute atomic E-state index is 0.344. The van der Waals surface area contributed by atoms with Gasteiger partial charge in [0, 0.05) is 12.1 Å². The average molecular weight is 231 g/mol. The molecular formula is C13H17N3O. The number of nitrogen functional groups attached to an aromatic ring is 1. The van der Waals surface area contributed by atoms with Gasteiger partial charge in [0.25, 0.3) is 0 Å². The normalized spacial score (nSPS) is 11.0. The standard InChI is InChI=1S/C13H17N3O/c1-3-9(4-2)12-11(13(14)16-17-12)10-7-5-6-8-15-10/h5-9H,3-4H2,1-2H3,(H2,14,16). The maximum Gasteiger partial charge on any atom is 0.176 e.